The standard InChI is InChI=1S/C10H14N4O4.C7H8O3S/c1-17-6-3-8(15)7(9(4-6)18-2)5-13-14(16)10(11)12;1-6-2-4-7(5-3-6)11(8,9)10/h3-5,15-16H,1-2H3,(H3,11,12);2-5H,1H3,(H,8,9,10). The molecule has 12 heteroatoms. The van der Waals surface area contributed by atoms with E-state index in [1.807, 2.05) is 6.92 Å². The Kier molecular flexibility index (Phi) is 8.38. The third-order valence-electron chi connectivity index (χ3n) is 3.38. The number of benzene rings is 2. The number of aromatic hydroxyl groups is 1. The molecular weight excluding hydrogens is 404 g/mol. The minimum absolute atomic E-state index is 0.0666. The van der Waals surface area contributed by atoms with Crippen LogP contribution in [0.2, 0.25) is 0 Å². The van der Waals surface area contributed by atoms with Crippen molar-refractivity contribution >= 4 is 22.3 Å². The van der Waals surface area contributed by atoms with Gasteiger partial charge in [0, 0.05) is 12.1 Å². The van der Waals surface area contributed by atoms with E-state index in [1.165, 1.54) is 38.5 Å². The number of rotatable bonds is 5. The van der Waals surface area contributed by atoms with Gasteiger partial charge in [-0.05, 0) is 19.1 Å². The van der Waals surface area contributed by atoms with Crippen molar-refractivity contribution in [1.29, 1.82) is 5.41 Å². The van der Waals surface area contributed by atoms with Gasteiger partial charge in [-0.25, -0.2) is 0 Å². The summed E-state index contributed by atoms with van der Waals surface area (Å²) in [4.78, 5) is -0.0666. The Morgan fingerprint density at radius 1 is 1.21 bits per heavy atom. The van der Waals surface area contributed by atoms with Crippen LogP contribution < -0.4 is 15.2 Å². The van der Waals surface area contributed by atoms with Crippen LogP contribution in [-0.4, -0.2) is 54.9 Å². The Hall–Kier alpha value is -3.35. The molecule has 6 N–H and O–H groups in total. The van der Waals surface area contributed by atoms with Gasteiger partial charge >= 0.3 is 0 Å². The molecule has 0 saturated heterocycles. The lowest BCUT2D eigenvalue weighted by Crippen LogP contribution is -2.28. The molecular formula is C17H22N4O7S. The van der Waals surface area contributed by atoms with Gasteiger partial charge in [0.25, 0.3) is 10.1 Å². The number of ether oxygens (including phenoxy) is 2. The van der Waals surface area contributed by atoms with E-state index in [0.717, 1.165) is 11.8 Å². The Bertz CT molecular complexity index is 976. The van der Waals surface area contributed by atoms with Crippen molar-refractivity contribution < 1.29 is 32.8 Å². The molecule has 0 aliphatic rings. The lowest BCUT2D eigenvalue weighted by Gasteiger charge is -2.10. The normalized spacial score (nSPS) is 10.8. The predicted octanol–water partition coefficient (Wildman–Crippen LogP) is 1.57. The predicted molar refractivity (Wildman–Crippen MR) is 105 cm³/mol. The maximum absolute atomic E-state index is 10.5. The van der Waals surface area contributed by atoms with E-state index >= 15 is 0 Å². The monoisotopic (exact) mass is 426 g/mol. The Labute approximate surface area is 167 Å². The fourth-order valence-electron chi connectivity index (χ4n) is 1.89. The van der Waals surface area contributed by atoms with Crippen LogP contribution >= 0.6 is 0 Å². The van der Waals surface area contributed by atoms with Crippen LogP contribution in [0.1, 0.15) is 11.1 Å². The summed E-state index contributed by atoms with van der Waals surface area (Å²) in [7, 11) is -1.16. The molecule has 0 aromatic heterocycles. The molecule has 2 rings (SSSR count). The number of nitrogens with two attached hydrogens (primary N) is 1. The molecule has 2 aromatic rings. The van der Waals surface area contributed by atoms with Crippen molar-refractivity contribution in [3.8, 4) is 17.2 Å². The third kappa shape index (κ3) is 7.29. The van der Waals surface area contributed by atoms with Crippen molar-refractivity contribution in [1.82, 2.24) is 5.17 Å². The highest BCUT2D eigenvalue weighted by Crippen LogP contribution is 2.31. The molecule has 11 nitrogen and oxygen atoms in total. The van der Waals surface area contributed by atoms with Gasteiger partial charge in [-0.1, -0.05) is 17.7 Å². The molecule has 29 heavy (non-hydrogen) atoms. The lowest BCUT2D eigenvalue weighted by molar-refractivity contribution is -0.0139. The number of methoxy groups -OCH3 is 2. The lowest BCUT2D eigenvalue weighted by atomic mass is 10.2. The third-order valence-corrected chi connectivity index (χ3v) is 4.25. The zero-order valence-electron chi connectivity index (χ0n) is 15.9. The first-order valence-corrected chi connectivity index (χ1v) is 9.29. The van der Waals surface area contributed by atoms with E-state index in [-0.39, 0.29) is 21.4 Å². The highest BCUT2D eigenvalue weighted by Gasteiger charge is 2.10. The zero-order chi connectivity index (χ0) is 22.2. The van der Waals surface area contributed by atoms with E-state index < -0.39 is 16.1 Å². The van der Waals surface area contributed by atoms with Crippen LogP contribution in [0.3, 0.4) is 0 Å². The molecule has 0 amide bonds. The highest BCUT2D eigenvalue weighted by atomic mass is 32.2. The summed E-state index contributed by atoms with van der Waals surface area (Å²) in [5.74, 6) is -0.0911. The first kappa shape index (κ1) is 23.7. The molecule has 0 bridgehead atoms. The van der Waals surface area contributed by atoms with Crippen LogP contribution in [-0.2, 0) is 10.1 Å². The average molecular weight is 426 g/mol. The van der Waals surface area contributed by atoms with Crippen molar-refractivity contribution in [2.24, 2.45) is 10.8 Å². The summed E-state index contributed by atoms with van der Waals surface area (Å²) in [5.41, 5.74) is 6.16. The van der Waals surface area contributed by atoms with Crippen LogP contribution in [0.4, 0.5) is 0 Å². The number of phenols is 1. The number of hydrogen-bond acceptors (Lipinski definition) is 8. The number of hydroxylamine groups is 1. The zero-order valence-corrected chi connectivity index (χ0v) is 16.7. The minimum atomic E-state index is -4.02. The fourth-order valence-corrected chi connectivity index (χ4v) is 2.37. The summed E-state index contributed by atoms with van der Waals surface area (Å²) < 4.78 is 39.6. The Balaban J connectivity index is 0.000000326. The quantitative estimate of drug-likeness (QED) is 0.205. The number of phenolic OH excluding ortho intramolecular Hbond substituents is 1. The largest absolute Gasteiger partial charge is 0.507 e. The highest BCUT2D eigenvalue weighted by molar-refractivity contribution is 7.85. The van der Waals surface area contributed by atoms with Gasteiger partial charge < -0.3 is 20.3 Å². The first-order chi connectivity index (χ1) is 13.5. The first-order valence-electron chi connectivity index (χ1n) is 7.85. The van der Waals surface area contributed by atoms with Gasteiger partial charge in [-0.2, -0.15) is 13.5 Å². The summed E-state index contributed by atoms with van der Waals surface area (Å²) in [6, 6.07) is 8.89. The van der Waals surface area contributed by atoms with Gasteiger partial charge in [-0.3, -0.25) is 15.2 Å². The number of nitrogens with zero attached hydrogens (tertiary/aromatic N) is 2. The SMILES string of the molecule is COc1cc(O)c(C=NN(O)C(=N)N)c(OC)c1.Cc1ccc(S(=O)(=O)O)cc1. The number of hydrazone groups is 1. The van der Waals surface area contributed by atoms with E-state index in [0.29, 0.717) is 11.5 Å². The van der Waals surface area contributed by atoms with E-state index in [2.05, 4.69) is 5.10 Å². The topological polar surface area (TPSA) is 179 Å². The van der Waals surface area contributed by atoms with Crippen molar-refractivity contribution in [3.05, 3.63) is 47.5 Å². The fraction of sp³-hybridized carbons (Fsp3) is 0.176. The average Bonchev–Trinajstić information content (AvgIpc) is 2.66. The summed E-state index contributed by atoms with van der Waals surface area (Å²) in [6.45, 7) is 1.84. The molecule has 0 radical (unpaired) electrons. The molecule has 0 heterocycles. The van der Waals surface area contributed by atoms with E-state index in [9.17, 15) is 13.5 Å². The molecule has 158 valence electrons. The van der Waals surface area contributed by atoms with Crippen LogP contribution in [0.15, 0.2) is 46.4 Å². The smallest absolute Gasteiger partial charge is 0.294 e. The second-order valence-corrected chi connectivity index (χ2v) is 6.89. The second-order valence-electron chi connectivity index (χ2n) is 5.47. The van der Waals surface area contributed by atoms with E-state index in [1.54, 1.807) is 12.1 Å². The second kappa shape index (κ2) is 10.3. The molecule has 2 aromatic carbocycles. The van der Waals surface area contributed by atoms with Gasteiger partial charge in [0.05, 0.1) is 30.9 Å². The minimum Gasteiger partial charge on any atom is -0.507 e. The van der Waals surface area contributed by atoms with Gasteiger partial charge in [0.15, 0.2) is 0 Å². The number of nitrogens with one attached hydrogen (secondary N) is 1. The summed E-state index contributed by atoms with van der Waals surface area (Å²) in [6.07, 6.45) is 1.11. The number of guanidine groups is 1. The van der Waals surface area contributed by atoms with Crippen molar-refractivity contribution in [2.45, 2.75) is 11.8 Å². The number of aryl methyl sites for hydroxylation is 1. The van der Waals surface area contributed by atoms with E-state index in [4.69, 9.17) is 30.4 Å². The molecule has 0 atom stereocenters. The van der Waals surface area contributed by atoms with Gasteiger partial charge in [-0.15, -0.1) is 5.17 Å². The molecule has 0 saturated carbocycles. The maximum Gasteiger partial charge on any atom is 0.294 e. The molecule has 0 fully saturated rings. The van der Waals surface area contributed by atoms with Crippen LogP contribution in [0.5, 0.6) is 17.2 Å². The van der Waals surface area contributed by atoms with Crippen molar-refractivity contribution in [2.75, 3.05) is 14.2 Å². The Morgan fingerprint density at radius 3 is 2.24 bits per heavy atom. The van der Waals surface area contributed by atoms with Crippen LogP contribution in [0, 0.1) is 12.3 Å². The number of hydrogen-bond donors (Lipinski definition) is 5. The van der Waals surface area contributed by atoms with Gasteiger partial charge in [0.1, 0.15) is 17.2 Å². The maximum atomic E-state index is 10.5. The summed E-state index contributed by atoms with van der Waals surface area (Å²) in [5, 5.41) is 29.3. The van der Waals surface area contributed by atoms with Gasteiger partial charge in [0.2, 0.25) is 5.96 Å². The van der Waals surface area contributed by atoms with Crippen LogP contribution in [0.25, 0.3) is 0 Å². The van der Waals surface area contributed by atoms with Crippen molar-refractivity contribution in [3.63, 3.8) is 0 Å². The summed E-state index contributed by atoms with van der Waals surface area (Å²) >= 11 is 0. The molecule has 0 aliphatic carbocycles. The molecule has 0 spiro atoms. The molecule has 0 aliphatic heterocycles. The molecule has 0 unspecified atom stereocenters. The Morgan fingerprint density at radius 2 is 1.79 bits per heavy atom.